The summed E-state index contributed by atoms with van der Waals surface area (Å²) in [6, 6.07) is 5.52. The number of Topliss-reactive ketones (excluding diaryl/α,β-unsaturated/α-hetero) is 1. The number of hydrogen-bond acceptors (Lipinski definition) is 3. The molecule has 1 aromatic rings. The lowest BCUT2D eigenvalue weighted by molar-refractivity contribution is -0.127. The van der Waals surface area contributed by atoms with Gasteiger partial charge in [-0.05, 0) is 38.0 Å². The van der Waals surface area contributed by atoms with Crippen LogP contribution in [-0.2, 0) is 4.79 Å². The van der Waals surface area contributed by atoms with E-state index in [9.17, 15) is 9.59 Å². The van der Waals surface area contributed by atoms with E-state index in [2.05, 4.69) is 5.32 Å². The van der Waals surface area contributed by atoms with Crippen LogP contribution in [-0.4, -0.2) is 42.3 Å². The lowest BCUT2D eigenvalue weighted by Gasteiger charge is -2.32. The van der Waals surface area contributed by atoms with Gasteiger partial charge in [-0.3, -0.25) is 14.5 Å². The molecular weight excluding hydrogens is 240 g/mol. The highest BCUT2D eigenvalue weighted by Gasteiger charge is 2.27. The minimum Gasteiger partial charge on any atom is -0.353 e. The Morgan fingerprint density at radius 3 is 2.79 bits per heavy atom. The number of carbonyl (C=O) groups excluding carboxylic acids is 2. The Kier molecular flexibility index (Phi) is 4.00. The van der Waals surface area contributed by atoms with Crippen molar-refractivity contribution in [1.29, 1.82) is 0 Å². The van der Waals surface area contributed by atoms with E-state index in [-0.39, 0.29) is 17.7 Å². The van der Waals surface area contributed by atoms with Gasteiger partial charge in [-0.1, -0.05) is 12.1 Å². The van der Waals surface area contributed by atoms with Crippen molar-refractivity contribution in [1.82, 2.24) is 10.2 Å². The van der Waals surface area contributed by atoms with Crippen LogP contribution in [0.2, 0.25) is 0 Å². The van der Waals surface area contributed by atoms with Crippen LogP contribution >= 0.6 is 0 Å². The lowest BCUT2D eigenvalue weighted by atomic mass is 10.0. The quantitative estimate of drug-likeness (QED) is 0.834. The van der Waals surface area contributed by atoms with Crippen molar-refractivity contribution in [2.24, 2.45) is 0 Å². The molecule has 1 fully saturated rings. The second-order valence-electron chi connectivity index (χ2n) is 5.16. The Bertz CT molecular complexity index is 511. The molecular formula is C15H20N2O2. The Morgan fingerprint density at radius 1 is 1.37 bits per heavy atom. The zero-order valence-corrected chi connectivity index (χ0v) is 11.7. The van der Waals surface area contributed by atoms with Crippen LogP contribution in [0, 0.1) is 13.8 Å². The molecule has 19 heavy (non-hydrogen) atoms. The molecule has 0 spiro atoms. The second kappa shape index (κ2) is 5.53. The smallest absolute Gasteiger partial charge is 0.237 e. The molecule has 4 heteroatoms. The number of amides is 1. The normalized spacial score (nSPS) is 20.2. The van der Waals surface area contributed by atoms with E-state index in [1.807, 2.05) is 43.9 Å². The molecule has 1 aromatic carbocycles. The van der Waals surface area contributed by atoms with E-state index in [1.54, 1.807) is 0 Å². The molecule has 1 unspecified atom stereocenters. The molecule has 1 N–H and O–H groups in total. The number of carbonyl (C=O) groups is 2. The minimum atomic E-state index is -0.232. The van der Waals surface area contributed by atoms with Gasteiger partial charge in [0.05, 0.1) is 12.6 Å². The number of benzene rings is 1. The first-order valence-corrected chi connectivity index (χ1v) is 6.61. The molecule has 1 aliphatic heterocycles. The van der Waals surface area contributed by atoms with Crippen LogP contribution in [0.4, 0.5) is 0 Å². The molecule has 2 rings (SSSR count). The summed E-state index contributed by atoms with van der Waals surface area (Å²) in [7, 11) is 0. The van der Waals surface area contributed by atoms with E-state index in [0.29, 0.717) is 13.1 Å². The number of nitrogens with one attached hydrogen (secondary N) is 1. The van der Waals surface area contributed by atoms with Crippen molar-refractivity contribution >= 4 is 11.7 Å². The van der Waals surface area contributed by atoms with Gasteiger partial charge in [0.1, 0.15) is 0 Å². The van der Waals surface area contributed by atoms with Gasteiger partial charge in [0.2, 0.25) is 5.91 Å². The molecule has 1 aliphatic rings. The summed E-state index contributed by atoms with van der Waals surface area (Å²) in [4.78, 5) is 25.7. The van der Waals surface area contributed by atoms with E-state index in [1.165, 1.54) is 5.56 Å². The summed E-state index contributed by atoms with van der Waals surface area (Å²) < 4.78 is 0. The fraction of sp³-hybridized carbons (Fsp3) is 0.467. The van der Waals surface area contributed by atoms with Crippen molar-refractivity contribution in [2.75, 3.05) is 19.6 Å². The molecule has 0 aromatic heterocycles. The highest BCUT2D eigenvalue weighted by molar-refractivity contribution is 5.98. The highest BCUT2D eigenvalue weighted by Crippen LogP contribution is 2.12. The summed E-state index contributed by atoms with van der Waals surface area (Å²) >= 11 is 0. The van der Waals surface area contributed by atoms with Crippen molar-refractivity contribution in [3.8, 4) is 0 Å². The summed E-state index contributed by atoms with van der Waals surface area (Å²) in [5.41, 5.74) is 3.03. The van der Waals surface area contributed by atoms with Crippen LogP contribution in [0.15, 0.2) is 18.2 Å². The van der Waals surface area contributed by atoms with Gasteiger partial charge >= 0.3 is 0 Å². The first-order valence-electron chi connectivity index (χ1n) is 6.61. The third-order valence-electron chi connectivity index (χ3n) is 3.80. The van der Waals surface area contributed by atoms with Gasteiger partial charge in [0, 0.05) is 18.7 Å². The molecule has 1 atom stereocenters. The van der Waals surface area contributed by atoms with Crippen LogP contribution in [0.5, 0.6) is 0 Å². The molecule has 0 aliphatic carbocycles. The van der Waals surface area contributed by atoms with Gasteiger partial charge in [-0.15, -0.1) is 0 Å². The predicted octanol–water partition coefficient (Wildman–Crippen LogP) is 1.31. The van der Waals surface area contributed by atoms with Crippen molar-refractivity contribution in [2.45, 2.75) is 26.8 Å². The number of hydrogen-bond donors (Lipinski definition) is 1. The summed E-state index contributed by atoms with van der Waals surface area (Å²) in [5.74, 6) is 0.0730. The second-order valence-corrected chi connectivity index (χ2v) is 5.16. The Balaban J connectivity index is 2.08. The number of rotatable bonds is 3. The third-order valence-corrected chi connectivity index (χ3v) is 3.80. The number of nitrogens with zero attached hydrogens (tertiary/aromatic N) is 1. The van der Waals surface area contributed by atoms with E-state index in [0.717, 1.165) is 17.7 Å². The number of aryl methyl sites for hydroxylation is 2. The van der Waals surface area contributed by atoms with Crippen molar-refractivity contribution in [3.05, 3.63) is 34.9 Å². The molecule has 1 heterocycles. The van der Waals surface area contributed by atoms with E-state index < -0.39 is 0 Å². The largest absolute Gasteiger partial charge is 0.353 e. The molecule has 1 amide bonds. The monoisotopic (exact) mass is 260 g/mol. The maximum atomic E-state index is 12.3. The van der Waals surface area contributed by atoms with E-state index in [4.69, 9.17) is 0 Å². The topological polar surface area (TPSA) is 49.4 Å². The SMILES string of the molecule is Cc1ccc(C(=O)CN2CCNC(=O)C2C)cc1C. The summed E-state index contributed by atoms with van der Waals surface area (Å²) in [6.45, 7) is 7.51. The average Bonchev–Trinajstić information content (AvgIpc) is 2.38. The summed E-state index contributed by atoms with van der Waals surface area (Å²) in [6.07, 6.45) is 0. The highest BCUT2D eigenvalue weighted by atomic mass is 16.2. The van der Waals surface area contributed by atoms with Gasteiger partial charge < -0.3 is 5.32 Å². The van der Waals surface area contributed by atoms with Crippen LogP contribution < -0.4 is 5.32 Å². The summed E-state index contributed by atoms with van der Waals surface area (Å²) in [5, 5.41) is 2.80. The fourth-order valence-electron chi connectivity index (χ4n) is 2.24. The van der Waals surface area contributed by atoms with Crippen molar-refractivity contribution < 1.29 is 9.59 Å². The molecule has 102 valence electrons. The Labute approximate surface area is 113 Å². The number of piperazine rings is 1. The first-order chi connectivity index (χ1) is 8.99. The zero-order valence-electron chi connectivity index (χ0n) is 11.7. The molecule has 0 bridgehead atoms. The van der Waals surface area contributed by atoms with Gasteiger partial charge in [0.25, 0.3) is 0 Å². The van der Waals surface area contributed by atoms with Crippen molar-refractivity contribution in [3.63, 3.8) is 0 Å². The minimum absolute atomic E-state index is 0.000799. The van der Waals surface area contributed by atoms with E-state index >= 15 is 0 Å². The fourth-order valence-corrected chi connectivity index (χ4v) is 2.24. The van der Waals surface area contributed by atoms with Gasteiger partial charge in [0.15, 0.2) is 5.78 Å². The standard InChI is InChI=1S/C15H20N2O2/c1-10-4-5-13(8-11(10)2)14(18)9-17-7-6-16-15(19)12(17)3/h4-5,8,12H,6-7,9H2,1-3H3,(H,16,19). The van der Waals surface area contributed by atoms with Crippen LogP contribution in [0.3, 0.4) is 0 Å². The lowest BCUT2D eigenvalue weighted by Crippen LogP contribution is -2.55. The predicted molar refractivity (Wildman–Crippen MR) is 74.3 cm³/mol. The molecule has 0 saturated carbocycles. The molecule has 0 radical (unpaired) electrons. The molecule has 1 saturated heterocycles. The maximum Gasteiger partial charge on any atom is 0.237 e. The maximum absolute atomic E-state index is 12.3. The Morgan fingerprint density at radius 2 is 2.11 bits per heavy atom. The van der Waals surface area contributed by atoms with Gasteiger partial charge in [-0.2, -0.15) is 0 Å². The first kappa shape index (κ1) is 13.7. The molecule has 4 nitrogen and oxygen atoms in total. The van der Waals surface area contributed by atoms with Crippen LogP contribution in [0.25, 0.3) is 0 Å². The Hall–Kier alpha value is -1.68. The third kappa shape index (κ3) is 3.01. The zero-order chi connectivity index (χ0) is 14.0. The van der Waals surface area contributed by atoms with Gasteiger partial charge in [-0.25, -0.2) is 0 Å². The van der Waals surface area contributed by atoms with Crippen LogP contribution in [0.1, 0.15) is 28.4 Å². The number of ketones is 1. The average molecular weight is 260 g/mol.